The minimum Gasteiger partial charge on any atom is -0.497 e. The van der Waals surface area contributed by atoms with Gasteiger partial charge in [-0.25, -0.2) is 13.2 Å². The fraction of sp³-hybridized carbons (Fsp3) is 0.208. The van der Waals surface area contributed by atoms with Crippen LogP contribution in [0.3, 0.4) is 0 Å². The number of carbonyl (C=O) groups is 1. The van der Waals surface area contributed by atoms with Crippen LogP contribution in [0, 0.1) is 0 Å². The molecule has 0 bridgehead atoms. The fourth-order valence-corrected chi connectivity index (χ4v) is 5.08. The Bertz CT molecular complexity index is 1250. The summed E-state index contributed by atoms with van der Waals surface area (Å²) in [7, 11) is -2.15. The molecule has 0 unspecified atom stereocenters. The number of ether oxygens (including phenoxy) is 1. The highest BCUT2D eigenvalue weighted by Crippen LogP contribution is 2.25. The van der Waals surface area contributed by atoms with Gasteiger partial charge in [-0.1, -0.05) is 29.8 Å². The van der Waals surface area contributed by atoms with Crippen LogP contribution >= 0.6 is 11.6 Å². The molecule has 33 heavy (non-hydrogen) atoms. The number of urea groups is 1. The highest BCUT2D eigenvalue weighted by atomic mass is 35.5. The molecular weight excluding hydrogens is 462 g/mol. The Balaban J connectivity index is 1.46. The smallest absolute Gasteiger partial charge is 0.324 e. The Morgan fingerprint density at radius 2 is 1.76 bits per heavy atom. The molecule has 1 saturated heterocycles. The number of nitrogens with zero attached hydrogens (tertiary/aromatic N) is 2. The molecule has 0 saturated carbocycles. The Morgan fingerprint density at radius 1 is 1.00 bits per heavy atom. The average Bonchev–Trinajstić information content (AvgIpc) is 2.81. The number of sulfonamides is 1. The van der Waals surface area contributed by atoms with Gasteiger partial charge in [0.15, 0.2) is 0 Å². The second-order valence-electron chi connectivity index (χ2n) is 7.67. The molecule has 0 radical (unpaired) electrons. The first-order valence-corrected chi connectivity index (χ1v) is 12.3. The highest BCUT2D eigenvalue weighted by Gasteiger charge is 2.27. The van der Waals surface area contributed by atoms with E-state index in [9.17, 15) is 13.2 Å². The number of methoxy groups -OCH3 is 1. The third-order valence-electron chi connectivity index (χ3n) is 5.36. The third kappa shape index (κ3) is 5.40. The molecule has 1 fully saturated rings. The Hall–Kier alpha value is -3.23. The number of carbonyl (C=O) groups excluding carboxylic acids is 1. The van der Waals surface area contributed by atoms with E-state index in [1.54, 1.807) is 53.3 Å². The molecule has 1 aliphatic rings. The first-order valence-electron chi connectivity index (χ1n) is 10.4. The first-order chi connectivity index (χ1) is 15.9. The summed E-state index contributed by atoms with van der Waals surface area (Å²) >= 11 is 5.91. The summed E-state index contributed by atoms with van der Waals surface area (Å²) in [6, 6.07) is 20.4. The lowest BCUT2D eigenvalue weighted by Gasteiger charge is -2.35. The second kappa shape index (κ2) is 9.72. The van der Waals surface area contributed by atoms with E-state index < -0.39 is 10.0 Å². The Kier molecular flexibility index (Phi) is 6.76. The lowest BCUT2D eigenvalue weighted by molar-refractivity contribution is 0.192. The number of nitrogens with one attached hydrogen (secondary N) is 1. The maximum Gasteiger partial charge on any atom is 0.324 e. The van der Waals surface area contributed by atoms with Gasteiger partial charge in [-0.2, -0.15) is 0 Å². The fourth-order valence-electron chi connectivity index (χ4n) is 3.72. The average molecular weight is 486 g/mol. The van der Waals surface area contributed by atoms with Crippen molar-refractivity contribution in [2.24, 2.45) is 0 Å². The molecule has 3 aromatic carbocycles. The van der Waals surface area contributed by atoms with Gasteiger partial charge in [0.05, 0.1) is 12.0 Å². The molecule has 9 heteroatoms. The van der Waals surface area contributed by atoms with Crippen molar-refractivity contribution in [3.8, 4) is 5.75 Å². The first kappa shape index (κ1) is 22.9. The number of hydrogen-bond acceptors (Lipinski definition) is 4. The maximum atomic E-state index is 13.1. The summed E-state index contributed by atoms with van der Waals surface area (Å²) in [5.41, 5.74) is 2.10. The molecule has 1 heterocycles. The summed E-state index contributed by atoms with van der Waals surface area (Å²) < 4.78 is 33.0. The summed E-state index contributed by atoms with van der Waals surface area (Å²) in [6.45, 7) is 1.76. The van der Waals surface area contributed by atoms with Crippen LogP contribution in [-0.2, 0) is 16.6 Å². The van der Waals surface area contributed by atoms with Crippen LogP contribution in [-0.4, -0.2) is 39.5 Å². The van der Waals surface area contributed by atoms with Gasteiger partial charge < -0.3 is 9.64 Å². The number of hydrogen-bond donors (Lipinski definition) is 1. The number of halogens is 1. The van der Waals surface area contributed by atoms with Crippen LogP contribution in [0.15, 0.2) is 77.7 Å². The van der Waals surface area contributed by atoms with Crippen molar-refractivity contribution in [1.82, 2.24) is 4.90 Å². The molecule has 0 aromatic heterocycles. The lowest BCUT2D eigenvalue weighted by atomic mass is 10.1. The molecule has 1 N–H and O–H groups in total. The van der Waals surface area contributed by atoms with Crippen molar-refractivity contribution in [3.63, 3.8) is 0 Å². The van der Waals surface area contributed by atoms with E-state index in [-0.39, 0.29) is 10.9 Å². The molecule has 3 aromatic rings. The standard InChI is InChI=1S/C24H24ClN3O4S/c1-32-22-7-2-5-18(15-22)17-27-13-4-14-28(24(27)29)21-11-9-20(10-12-21)26-33(30,31)23-8-3-6-19(25)16-23/h2-3,5-12,15-16,26H,4,13-14,17H2,1H3. The van der Waals surface area contributed by atoms with Gasteiger partial charge >= 0.3 is 6.03 Å². The van der Waals surface area contributed by atoms with Gasteiger partial charge in [0.1, 0.15) is 5.75 Å². The minimum absolute atomic E-state index is 0.0819. The zero-order valence-electron chi connectivity index (χ0n) is 18.1. The van der Waals surface area contributed by atoms with Crippen LogP contribution in [0.2, 0.25) is 5.02 Å². The number of benzene rings is 3. The normalized spacial score (nSPS) is 14.3. The number of anilines is 2. The molecule has 0 spiro atoms. The number of rotatable bonds is 7. The van der Waals surface area contributed by atoms with Crippen LogP contribution in [0.1, 0.15) is 12.0 Å². The van der Waals surface area contributed by atoms with Crippen molar-refractivity contribution >= 4 is 39.0 Å². The van der Waals surface area contributed by atoms with Crippen molar-refractivity contribution in [1.29, 1.82) is 0 Å². The van der Waals surface area contributed by atoms with E-state index in [1.165, 1.54) is 12.1 Å². The maximum absolute atomic E-state index is 13.1. The van der Waals surface area contributed by atoms with E-state index in [0.717, 1.165) is 17.7 Å². The molecular formula is C24H24ClN3O4S. The third-order valence-corrected chi connectivity index (χ3v) is 6.97. The monoisotopic (exact) mass is 485 g/mol. The SMILES string of the molecule is COc1cccc(CN2CCCN(c3ccc(NS(=O)(=O)c4cccc(Cl)c4)cc3)C2=O)c1. The van der Waals surface area contributed by atoms with E-state index in [0.29, 0.717) is 36.0 Å². The molecule has 0 aliphatic carbocycles. The van der Waals surface area contributed by atoms with Crippen molar-refractivity contribution in [2.75, 3.05) is 29.8 Å². The van der Waals surface area contributed by atoms with Crippen LogP contribution < -0.4 is 14.4 Å². The number of amides is 2. The summed E-state index contributed by atoms with van der Waals surface area (Å²) in [4.78, 5) is 16.7. The minimum atomic E-state index is -3.77. The largest absolute Gasteiger partial charge is 0.497 e. The zero-order valence-corrected chi connectivity index (χ0v) is 19.6. The summed E-state index contributed by atoms with van der Waals surface area (Å²) in [5.74, 6) is 0.754. The van der Waals surface area contributed by atoms with Crippen LogP contribution in [0.25, 0.3) is 0 Å². The Morgan fingerprint density at radius 3 is 2.48 bits per heavy atom. The predicted molar refractivity (Wildman–Crippen MR) is 129 cm³/mol. The van der Waals surface area contributed by atoms with Gasteiger partial charge in [0.2, 0.25) is 0 Å². The van der Waals surface area contributed by atoms with Crippen molar-refractivity contribution in [2.45, 2.75) is 17.9 Å². The van der Waals surface area contributed by atoms with Crippen LogP contribution in [0.5, 0.6) is 5.75 Å². The second-order valence-corrected chi connectivity index (χ2v) is 9.79. The summed E-state index contributed by atoms with van der Waals surface area (Å²) in [6.07, 6.45) is 0.832. The highest BCUT2D eigenvalue weighted by molar-refractivity contribution is 7.92. The van der Waals surface area contributed by atoms with Gasteiger partial charge in [0, 0.05) is 36.0 Å². The predicted octanol–water partition coefficient (Wildman–Crippen LogP) is 4.98. The molecule has 7 nitrogen and oxygen atoms in total. The van der Waals surface area contributed by atoms with E-state index in [1.807, 2.05) is 24.3 Å². The summed E-state index contributed by atoms with van der Waals surface area (Å²) in [5, 5.41) is 0.343. The molecule has 4 rings (SSSR count). The van der Waals surface area contributed by atoms with Crippen molar-refractivity contribution < 1.29 is 17.9 Å². The molecule has 0 atom stereocenters. The topological polar surface area (TPSA) is 79.0 Å². The van der Waals surface area contributed by atoms with E-state index >= 15 is 0 Å². The lowest BCUT2D eigenvalue weighted by Crippen LogP contribution is -2.49. The van der Waals surface area contributed by atoms with Gasteiger partial charge in [-0.3, -0.25) is 9.62 Å². The van der Waals surface area contributed by atoms with Crippen LogP contribution in [0.4, 0.5) is 16.2 Å². The Labute approximate surface area is 198 Å². The van der Waals surface area contributed by atoms with Gasteiger partial charge in [0.25, 0.3) is 10.0 Å². The van der Waals surface area contributed by atoms with Gasteiger partial charge in [-0.15, -0.1) is 0 Å². The quantitative estimate of drug-likeness (QED) is 0.511. The molecule has 1 aliphatic heterocycles. The molecule has 2 amide bonds. The van der Waals surface area contributed by atoms with Crippen molar-refractivity contribution in [3.05, 3.63) is 83.4 Å². The van der Waals surface area contributed by atoms with E-state index in [2.05, 4.69) is 4.72 Å². The van der Waals surface area contributed by atoms with Gasteiger partial charge in [-0.05, 0) is 66.6 Å². The molecule has 172 valence electrons. The van der Waals surface area contributed by atoms with E-state index in [4.69, 9.17) is 16.3 Å². The zero-order chi connectivity index (χ0) is 23.4.